The van der Waals surface area contributed by atoms with Gasteiger partial charge in [-0.1, -0.05) is 11.6 Å². The highest BCUT2D eigenvalue weighted by atomic mass is 35.5. The topological polar surface area (TPSA) is 61.8 Å². The van der Waals surface area contributed by atoms with Crippen LogP contribution in [0.25, 0.3) is 0 Å². The molecule has 0 spiro atoms. The number of halogens is 1. The molecule has 0 aliphatic carbocycles. The van der Waals surface area contributed by atoms with Crippen LogP contribution in [0.5, 0.6) is 11.5 Å². The predicted molar refractivity (Wildman–Crippen MR) is 86.0 cm³/mol. The minimum Gasteiger partial charge on any atom is -0.454 e. The Kier molecular flexibility index (Phi) is 4.28. The Morgan fingerprint density at radius 1 is 1.26 bits per heavy atom. The summed E-state index contributed by atoms with van der Waals surface area (Å²) in [5, 5.41) is 0.266. The Hall–Kier alpha value is -2.05. The minimum absolute atomic E-state index is 0.0584. The molecule has 5 nitrogen and oxygen atoms in total. The fourth-order valence-corrected chi connectivity index (χ4v) is 3.49. The molecule has 0 bridgehead atoms. The second-order valence-electron chi connectivity index (χ2n) is 5.02. The van der Waals surface area contributed by atoms with Crippen molar-refractivity contribution in [3.63, 3.8) is 0 Å². The molecule has 3 rings (SSSR count). The fourth-order valence-electron chi connectivity index (χ4n) is 2.29. The molecule has 1 aliphatic rings. The Labute approximate surface area is 141 Å². The van der Waals surface area contributed by atoms with Crippen LogP contribution in [0.4, 0.5) is 0 Å². The third-order valence-electron chi connectivity index (χ3n) is 3.34. The Bertz CT molecular complexity index is 796. The summed E-state index contributed by atoms with van der Waals surface area (Å²) in [6.45, 7) is 3.53. The Balaban J connectivity index is 1.69. The normalized spacial score (nSPS) is 12.3. The molecule has 0 saturated carbocycles. The lowest BCUT2D eigenvalue weighted by Crippen LogP contribution is -2.14. The van der Waals surface area contributed by atoms with Crippen LogP contribution >= 0.6 is 22.9 Å². The van der Waals surface area contributed by atoms with E-state index in [9.17, 15) is 9.59 Å². The zero-order chi connectivity index (χ0) is 16.6. The van der Waals surface area contributed by atoms with Crippen molar-refractivity contribution in [2.75, 3.05) is 13.4 Å². The molecule has 2 aromatic rings. The number of fused-ring (bicyclic) bond motifs is 1. The molecule has 0 N–H and O–H groups in total. The van der Waals surface area contributed by atoms with Gasteiger partial charge in [0.25, 0.3) is 0 Å². The van der Waals surface area contributed by atoms with E-state index >= 15 is 0 Å². The number of esters is 1. The van der Waals surface area contributed by atoms with Crippen LogP contribution in [0.15, 0.2) is 18.2 Å². The number of aryl methyl sites for hydroxylation is 2. The number of carbonyl (C=O) groups is 2. The van der Waals surface area contributed by atoms with Gasteiger partial charge in [0.1, 0.15) is 0 Å². The summed E-state index contributed by atoms with van der Waals surface area (Å²) < 4.78 is 15.5. The molecule has 1 aromatic heterocycles. The van der Waals surface area contributed by atoms with Crippen molar-refractivity contribution in [2.45, 2.75) is 13.8 Å². The van der Waals surface area contributed by atoms with Crippen LogP contribution in [0.3, 0.4) is 0 Å². The smallest absolute Gasteiger partial charge is 0.338 e. The van der Waals surface area contributed by atoms with Crippen molar-refractivity contribution in [2.24, 2.45) is 0 Å². The van der Waals surface area contributed by atoms with Crippen LogP contribution in [0, 0.1) is 13.8 Å². The average Bonchev–Trinajstić information content (AvgIpc) is 3.10. The molecule has 0 atom stereocenters. The van der Waals surface area contributed by atoms with Crippen LogP contribution < -0.4 is 9.47 Å². The van der Waals surface area contributed by atoms with Crippen molar-refractivity contribution >= 4 is 34.7 Å². The van der Waals surface area contributed by atoms with E-state index < -0.39 is 5.97 Å². The first-order valence-electron chi connectivity index (χ1n) is 6.82. The molecule has 0 radical (unpaired) electrons. The standard InChI is InChI=1S/C16H13ClO5S/c1-8-3-11(9(2)23-8)13(18)6-20-16(19)10-4-12(17)15-14(5-10)21-7-22-15/h3-5H,6-7H2,1-2H3. The molecule has 23 heavy (non-hydrogen) atoms. The van der Waals surface area contributed by atoms with Gasteiger partial charge in [0.2, 0.25) is 12.6 Å². The Morgan fingerprint density at radius 2 is 2.04 bits per heavy atom. The maximum Gasteiger partial charge on any atom is 0.338 e. The summed E-state index contributed by atoms with van der Waals surface area (Å²) in [4.78, 5) is 26.2. The summed E-state index contributed by atoms with van der Waals surface area (Å²) in [7, 11) is 0. The van der Waals surface area contributed by atoms with Gasteiger partial charge in [-0.05, 0) is 32.0 Å². The van der Waals surface area contributed by atoms with Crippen LogP contribution in [0.1, 0.15) is 30.5 Å². The first kappa shape index (κ1) is 15.8. The van der Waals surface area contributed by atoms with E-state index in [-0.39, 0.29) is 29.8 Å². The van der Waals surface area contributed by atoms with Gasteiger partial charge in [-0.3, -0.25) is 4.79 Å². The number of thiophene rings is 1. The van der Waals surface area contributed by atoms with E-state index in [1.807, 2.05) is 13.8 Å². The number of carbonyl (C=O) groups excluding carboxylic acids is 2. The summed E-state index contributed by atoms with van der Waals surface area (Å²) in [5.41, 5.74) is 0.800. The van der Waals surface area contributed by atoms with Crippen LogP contribution in [0.2, 0.25) is 5.02 Å². The largest absolute Gasteiger partial charge is 0.454 e. The van der Waals surface area contributed by atoms with E-state index in [2.05, 4.69) is 0 Å². The van der Waals surface area contributed by atoms with Gasteiger partial charge in [-0.25, -0.2) is 4.79 Å². The SMILES string of the molecule is Cc1cc(C(=O)COC(=O)c2cc(Cl)c3c(c2)OCO3)c(C)s1. The molecule has 1 aliphatic heterocycles. The summed E-state index contributed by atoms with van der Waals surface area (Å²) in [6, 6.07) is 4.72. The number of rotatable bonds is 4. The maximum absolute atomic E-state index is 12.1. The van der Waals surface area contributed by atoms with Crippen molar-refractivity contribution < 1.29 is 23.8 Å². The highest BCUT2D eigenvalue weighted by molar-refractivity contribution is 7.12. The molecule has 0 amide bonds. The van der Waals surface area contributed by atoms with Crippen molar-refractivity contribution in [3.8, 4) is 11.5 Å². The second-order valence-corrected chi connectivity index (χ2v) is 6.89. The number of Topliss-reactive ketones (excluding diaryl/α,β-unsaturated/α-hetero) is 1. The summed E-state index contributed by atoms with van der Waals surface area (Å²) in [6.07, 6.45) is 0. The zero-order valence-electron chi connectivity index (χ0n) is 12.5. The second kappa shape index (κ2) is 6.22. The van der Waals surface area contributed by atoms with Crippen molar-refractivity contribution in [1.29, 1.82) is 0 Å². The third-order valence-corrected chi connectivity index (χ3v) is 4.59. The lowest BCUT2D eigenvalue weighted by molar-refractivity contribution is 0.0474. The van der Waals surface area contributed by atoms with E-state index in [0.29, 0.717) is 17.1 Å². The average molecular weight is 353 g/mol. The number of hydrogen-bond donors (Lipinski definition) is 0. The molecule has 1 aromatic carbocycles. The number of hydrogen-bond acceptors (Lipinski definition) is 6. The maximum atomic E-state index is 12.1. The highest BCUT2D eigenvalue weighted by Gasteiger charge is 2.22. The minimum atomic E-state index is -0.636. The van der Waals surface area contributed by atoms with Gasteiger partial charge < -0.3 is 14.2 Å². The number of benzene rings is 1. The van der Waals surface area contributed by atoms with E-state index in [1.54, 1.807) is 6.07 Å². The molecule has 0 saturated heterocycles. The lowest BCUT2D eigenvalue weighted by atomic mass is 10.1. The van der Waals surface area contributed by atoms with Gasteiger partial charge >= 0.3 is 5.97 Å². The molecule has 0 unspecified atom stereocenters. The predicted octanol–water partition coefficient (Wildman–Crippen LogP) is 3.79. The first-order chi connectivity index (χ1) is 11.0. The first-order valence-corrected chi connectivity index (χ1v) is 8.01. The Morgan fingerprint density at radius 3 is 2.74 bits per heavy atom. The van der Waals surface area contributed by atoms with Gasteiger partial charge in [-0.2, -0.15) is 0 Å². The molecular formula is C16H13ClO5S. The van der Waals surface area contributed by atoms with Crippen molar-refractivity contribution in [3.05, 3.63) is 44.1 Å². The molecule has 2 heterocycles. The monoisotopic (exact) mass is 352 g/mol. The van der Waals surface area contributed by atoms with Gasteiger partial charge in [-0.15, -0.1) is 11.3 Å². The van der Waals surface area contributed by atoms with E-state index in [1.165, 1.54) is 23.5 Å². The van der Waals surface area contributed by atoms with E-state index in [0.717, 1.165) is 9.75 Å². The molecule has 0 fully saturated rings. The summed E-state index contributed by atoms with van der Waals surface area (Å²) in [5.74, 6) is -0.0704. The molecular weight excluding hydrogens is 340 g/mol. The zero-order valence-corrected chi connectivity index (χ0v) is 14.0. The van der Waals surface area contributed by atoms with Gasteiger partial charge in [0.05, 0.1) is 10.6 Å². The summed E-state index contributed by atoms with van der Waals surface area (Å²) >= 11 is 7.56. The van der Waals surface area contributed by atoms with Gasteiger partial charge in [0.15, 0.2) is 18.1 Å². The molecule has 7 heteroatoms. The van der Waals surface area contributed by atoms with E-state index in [4.69, 9.17) is 25.8 Å². The van der Waals surface area contributed by atoms with Crippen LogP contribution in [-0.2, 0) is 4.74 Å². The quantitative estimate of drug-likeness (QED) is 0.619. The molecule has 120 valence electrons. The number of ether oxygens (including phenoxy) is 3. The number of ketones is 1. The fraction of sp³-hybridized carbons (Fsp3) is 0.250. The van der Waals surface area contributed by atoms with Crippen LogP contribution in [-0.4, -0.2) is 25.2 Å². The van der Waals surface area contributed by atoms with Crippen molar-refractivity contribution in [1.82, 2.24) is 0 Å². The van der Waals surface area contributed by atoms with Gasteiger partial charge in [0, 0.05) is 15.3 Å². The lowest BCUT2D eigenvalue weighted by Gasteiger charge is -2.06. The highest BCUT2D eigenvalue weighted by Crippen LogP contribution is 2.39. The third kappa shape index (κ3) is 3.18.